The summed E-state index contributed by atoms with van der Waals surface area (Å²) in [6, 6.07) is 17.2. The first kappa shape index (κ1) is 20.0. The molecule has 1 fully saturated rings. The number of carbonyl (C=O) groups excluding carboxylic acids is 1. The number of carboxylic acids is 1. The molecule has 0 atom stereocenters. The molecule has 0 aliphatic carbocycles. The van der Waals surface area contributed by atoms with Crippen molar-refractivity contribution in [2.75, 3.05) is 7.05 Å². The normalized spacial score (nSPS) is 16.6. The highest BCUT2D eigenvalue weighted by atomic mass is 35.5. The average molecular weight is 439 g/mol. The van der Waals surface area contributed by atoms with E-state index in [-0.39, 0.29) is 11.5 Å². The molecular weight excluding hydrogens is 424 g/mol. The molecule has 1 aliphatic rings. The fourth-order valence-electron chi connectivity index (χ4n) is 2.83. The molecule has 8 heteroatoms. The Morgan fingerprint density at radius 3 is 2.73 bits per heavy atom. The first-order valence-electron chi connectivity index (χ1n) is 8.86. The van der Waals surface area contributed by atoms with Crippen LogP contribution in [0.1, 0.15) is 16.1 Å². The standard InChI is InChI=1S/C22H15ClN2O4S/c1-25-20(26)19(30-22(25)24-16-7-3-5-14(11-16)21(27)28)12-17-8-9-18(29-17)13-4-2-6-15(23)10-13/h2-12H,1H3,(H,27,28)/b19-12+,24-22?. The van der Waals surface area contributed by atoms with E-state index in [1.807, 2.05) is 18.2 Å². The van der Waals surface area contributed by atoms with E-state index in [9.17, 15) is 9.59 Å². The number of likely N-dealkylation sites (N-methyl/N-ethyl adjacent to an activating group) is 1. The molecule has 0 spiro atoms. The summed E-state index contributed by atoms with van der Waals surface area (Å²) in [4.78, 5) is 30.0. The molecule has 1 amide bonds. The van der Waals surface area contributed by atoms with Gasteiger partial charge in [0, 0.05) is 23.7 Å². The number of aromatic carboxylic acids is 1. The summed E-state index contributed by atoms with van der Waals surface area (Å²) in [7, 11) is 1.62. The summed E-state index contributed by atoms with van der Waals surface area (Å²) >= 11 is 7.23. The molecule has 1 aliphatic heterocycles. The van der Waals surface area contributed by atoms with Gasteiger partial charge in [-0.3, -0.25) is 9.69 Å². The van der Waals surface area contributed by atoms with E-state index in [4.69, 9.17) is 21.1 Å². The molecule has 4 rings (SSSR count). The third-order valence-electron chi connectivity index (χ3n) is 4.33. The zero-order valence-electron chi connectivity index (χ0n) is 15.7. The Balaban J connectivity index is 1.59. The minimum atomic E-state index is -1.03. The van der Waals surface area contributed by atoms with Gasteiger partial charge in [0.15, 0.2) is 5.17 Å². The summed E-state index contributed by atoms with van der Waals surface area (Å²) in [6.45, 7) is 0. The number of carboxylic acid groups (broad SMARTS) is 1. The molecule has 3 aromatic rings. The van der Waals surface area contributed by atoms with Crippen LogP contribution in [0.2, 0.25) is 5.02 Å². The van der Waals surface area contributed by atoms with Gasteiger partial charge in [-0.05, 0) is 54.2 Å². The molecule has 1 saturated heterocycles. The lowest BCUT2D eigenvalue weighted by Gasteiger charge is -2.07. The van der Waals surface area contributed by atoms with E-state index in [1.165, 1.54) is 28.8 Å². The van der Waals surface area contributed by atoms with E-state index in [0.29, 0.717) is 32.3 Å². The second-order valence-electron chi connectivity index (χ2n) is 6.44. The highest BCUT2D eigenvalue weighted by Crippen LogP contribution is 2.34. The van der Waals surface area contributed by atoms with Gasteiger partial charge in [-0.1, -0.05) is 29.8 Å². The van der Waals surface area contributed by atoms with Gasteiger partial charge < -0.3 is 9.52 Å². The van der Waals surface area contributed by atoms with Crippen LogP contribution in [0.4, 0.5) is 5.69 Å². The molecule has 0 radical (unpaired) electrons. The SMILES string of the molecule is CN1C(=O)/C(=C\c2ccc(-c3cccc(Cl)c3)o2)SC1=Nc1cccc(C(=O)O)c1. The highest BCUT2D eigenvalue weighted by Gasteiger charge is 2.30. The monoisotopic (exact) mass is 438 g/mol. The summed E-state index contributed by atoms with van der Waals surface area (Å²) < 4.78 is 5.84. The third-order valence-corrected chi connectivity index (χ3v) is 5.63. The van der Waals surface area contributed by atoms with Crippen molar-refractivity contribution >= 4 is 52.2 Å². The van der Waals surface area contributed by atoms with Crippen molar-refractivity contribution in [1.82, 2.24) is 4.90 Å². The Morgan fingerprint density at radius 2 is 1.97 bits per heavy atom. The summed E-state index contributed by atoms with van der Waals surface area (Å²) in [5.41, 5.74) is 1.43. The second kappa shape index (κ2) is 8.22. The molecule has 2 aromatic carbocycles. The first-order chi connectivity index (χ1) is 14.4. The molecule has 0 unspecified atom stereocenters. The highest BCUT2D eigenvalue weighted by molar-refractivity contribution is 8.18. The van der Waals surface area contributed by atoms with E-state index in [0.717, 1.165) is 5.56 Å². The Hall–Kier alpha value is -3.29. The second-order valence-corrected chi connectivity index (χ2v) is 7.88. The van der Waals surface area contributed by atoms with Crippen molar-refractivity contribution in [2.45, 2.75) is 0 Å². The first-order valence-corrected chi connectivity index (χ1v) is 10.1. The number of carbonyl (C=O) groups is 2. The number of amides is 1. The Bertz CT molecular complexity index is 1220. The topological polar surface area (TPSA) is 83.1 Å². The summed E-state index contributed by atoms with van der Waals surface area (Å²) in [5, 5.41) is 10.2. The summed E-state index contributed by atoms with van der Waals surface area (Å²) in [6.07, 6.45) is 1.66. The molecular formula is C22H15ClN2O4S. The van der Waals surface area contributed by atoms with E-state index < -0.39 is 5.97 Å². The van der Waals surface area contributed by atoms with Crippen LogP contribution in [0.5, 0.6) is 0 Å². The Morgan fingerprint density at radius 1 is 1.17 bits per heavy atom. The van der Waals surface area contributed by atoms with Gasteiger partial charge in [0.2, 0.25) is 0 Å². The van der Waals surface area contributed by atoms with Crippen LogP contribution in [0, 0.1) is 0 Å². The maximum absolute atomic E-state index is 12.6. The zero-order chi connectivity index (χ0) is 21.3. The Labute approximate surface area is 181 Å². The van der Waals surface area contributed by atoms with Crippen LogP contribution >= 0.6 is 23.4 Å². The fourth-order valence-corrected chi connectivity index (χ4v) is 3.98. The van der Waals surface area contributed by atoms with Crippen molar-refractivity contribution in [2.24, 2.45) is 4.99 Å². The van der Waals surface area contributed by atoms with Gasteiger partial charge in [0.05, 0.1) is 16.2 Å². The molecule has 150 valence electrons. The van der Waals surface area contributed by atoms with Crippen molar-refractivity contribution in [3.8, 4) is 11.3 Å². The van der Waals surface area contributed by atoms with Gasteiger partial charge in [0.25, 0.3) is 5.91 Å². The number of hydrogen-bond acceptors (Lipinski definition) is 5. The smallest absolute Gasteiger partial charge is 0.335 e. The van der Waals surface area contributed by atoms with Crippen LogP contribution in [-0.4, -0.2) is 34.1 Å². The molecule has 6 nitrogen and oxygen atoms in total. The maximum atomic E-state index is 12.6. The number of thioether (sulfide) groups is 1. The maximum Gasteiger partial charge on any atom is 0.335 e. The molecule has 30 heavy (non-hydrogen) atoms. The minimum absolute atomic E-state index is 0.133. The number of aliphatic imine (C=N–C) groups is 1. The van der Waals surface area contributed by atoms with Crippen molar-refractivity contribution in [3.05, 3.63) is 81.9 Å². The molecule has 1 aromatic heterocycles. The van der Waals surface area contributed by atoms with Crippen molar-refractivity contribution in [3.63, 3.8) is 0 Å². The van der Waals surface area contributed by atoms with Crippen molar-refractivity contribution in [1.29, 1.82) is 0 Å². The van der Waals surface area contributed by atoms with Crippen LogP contribution in [0.15, 0.2) is 75.0 Å². The van der Waals surface area contributed by atoms with Crippen LogP contribution in [0.25, 0.3) is 17.4 Å². The Kier molecular flexibility index (Phi) is 5.48. The van der Waals surface area contributed by atoms with Gasteiger partial charge in [-0.2, -0.15) is 0 Å². The van der Waals surface area contributed by atoms with Crippen LogP contribution in [0.3, 0.4) is 0 Å². The predicted octanol–water partition coefficient (Wildman–Crippen LogP) is 5.53. The molecule has 1 N–H and O–H groups in total. The largest absolute Gasteiger partial charge is 0.478 e. The fraction of sp³-hybridized carbons (Fsp3) is 0.0455. The van der Waals surface area contributed by atoms with Gasteiger partial charge in [-0.15, -0.1) is 0 Å². The lowest BCUT2D eigenvalue weighted by atomic mass is 10.2. The minimum Gasteiger partial charge on any atom is -0.478 e. The van der Waals surface area contributed by atoms with Crippen LogP contribution in [-0.2, 0) is 4.79 Å². The molecule has 0 saturated carbocycles. The van der Waals surface area contributed by atoms with Crippen LogP contribution < -0.4 is 0 Å². The number of nitrogens with zero attached hydrogens (tertiary/aromatic N) is 2. The average Bonchev–Trinajstić information content (AvgIpc) is 3.29. The lowest BCUT2D eigenvalue weighted by Crippen LogP contribution is -2.23. The number of hydrogen-bond donors (Lipinski definition) is 1. The summed E-state index contributed by atoms with van der Waals surface area (Å²) in [5.74, 6) is -0.0702. The molecule has 2 heterocycles. The van der Waals surface area contributed by atoms with E-state index in [2.05, 4.69) is 4.99 Å². The van der Waals surface area contributed by atoms with E-state index >= 15 is 0 Å². The number of halogens is 1. The number of benzene rings is 2. The predicted molar refractivity (Wildman–Crippen MR) is 118 cm³/mol. The molecule has 0 bridgehead atoms. The number of furan rings is 1. The van der Waals surface area contributed by atoms with Gasteiger partial charge >= 0.3 is 5.97 Å². The van der Waals surface area contributed by atoms with E-state index in [1.54, 1.807) is 43.5 Å². The van der Waals surface area contributed by atoms with Gasteiger partial charge in [-0.25, -0.2) is 9.79 Å². The quantitative estimate of drug-likeness (QED) is 0.541. The number of amidine groups is 1. The third kappa shape index (κ3) is 4.17. The zero-order valence-corrected chi connectivity index (χ0v) is 17.3. The lowest BCUT2D eigenvalue weighted by molar-refractivity contribution is -0.121. The number of rotatable bonds is 4. The van der Waals surface area contributed by atoms with Crippen molar-refractivity contribution < 1.29 is 19.1 Å². The van der Waals surface area contributed by atoms with Gasteiger partial charge in [0.1, 0.15) is 11.5 Å².